The molecule has 0 unspecified atom stereocenters. The minimum atomic E-state index is -0.376. The molecule has 0 saturated carbocycles. The number of halogens is 1. The van der Waals surface area contributed by atoms with Gasteiger partial charge in [-0.3, -0.25) is 9.69 Å². The van der Waals surface area contributed by atoms with E-state index in [2.05, 4.69) is 10.2 Å². The number of piperidine rings is 1. The molecule has 0 spiro atoms. The fraction of sp³-hybridized carbons (Fsp3) is 0.480. The standard InChI is InChI=1S/C25H31FN2O3/c1-25(2)14-22(21-11-10-20(30-3)13-23(21)31-25)27-24(29)18-5-4-12-28(16-18)15-17-6-8-19(26)9-7-17/h6-11,13,18,22H,4-5,12,14-16H2,1-3H3,(H,27,29)/t18-,22-/m1/s1. The summed E-state index contributed by atoms with van der Waals surface area (Å²) in [6, 6.07) is 12.3. The van der Waals surface area contributed by atoms with Crippen LogP contribution in [0.2, 0.25) is 0 Å². The fourth-order valence-electron chi connectivity index (χ4n) is 4.64. The van der Waals surface area contributed by atoms with Crippen molar-refractivity contribution in [3.63, 3.8) is 0 Å². The summed E-state index contributed by atoms with van der Waals surface area (Å²) in [5, 5.41) is 3.29. The van der Waals surface area contributed by atoms with Crippen molar-refractivity contribution in [1.82, 2.24) is 10.2 Å². The van der Waals surface area contributed by atoms with Gasteiger partial charge < -0.3 is 14.8 Å². The molecule has 0 bridgehead atoms. The summed E-state index contributed by atoms with van der Waals surface area (Å²) in [5.41, 5.74) is 1.68. The van der Waals surface area contributed by atoms with Gasteiger partial charge in [-0.15, -0.1) is 0 Å². The van der Waals surface area contributed by atoms with Crippen LogP contribution in [-0.4, -0.2) is 36.6 Å². The summed E-state index contributed by atoms with van der Waals surface area (Å²) in [6.07, 6.45) is 2.57. The van der Waals surface area contributed by atoms with E-state index in [4.69, 9.17) is 9.47 Å². The molecule has 0 aromatic heterocycles. The van der Waals surface area contributed by atoms with Crippen LogP contribution in [0.15, 0.2) is 42.5 Å². The summed E-state index contributed by atoms with van der Waals surface area (Å²) in [7, 11) is 1.63. The first kappa shape index (κ1) is 21.6. The van der Waals surface area contributed by atoms with Gasteiger partial charge in [0, 0.05) is 31.1 Å². The summed E-state index contributed by atoms with van der Waals surface area (Å²) in [5.74, 6) is 1.32. The van der Waals surface area contributed by atoms with Crippen LogP contribution in [0, 0.1) is 11.7 Å². The highest BCUT2D eigenvalue weighted by Gasteiger charge is 2.36. The highest BCUT2D eigenvalue weighted by molar-refractivity contribution is 5.79. The number of ether oxygens (including phenoxy) is 2. The molecule has 2 aliphatic rings. The second-order valence-electron chi connectivity index (χ2n) is 9.23. The first-order valence-electron chi connectivity index (χ1n) is 11.0. The van der Waals surface area contributed by atoms with Crippen LogP contribution in [-0.2, 0) is 11.3 Å². The monoisotopic (exact) mass is 426 g/mol. The maximum absolute atomic E-state index is 13.2. The van der Waals surface area contributed by atoms with Gasteiger partial charge in [0.1, 0.15) is 22.9 Å². The van der Waals surface area contributed by atoms with Crippen molar-refractivity contribution in [3.8, 4) is 11.5 Å². The van der Waals surface area contributed by atoms with Crippen LogP contribution >= 0.6 is 0 Å². The molecule has 1 amide bonds. The minimum Gasteiger partial charge on any atom is -0.497 e. The number of hydrogen-bond acceptors (Lipinski definition) is 4. The zero-order valence-corrected chi connectivity index (χ0v) is 18.5. The number of carbonyl (C=O) groups is 1. The largest absolute Gasteiger partial charge is 0.497 e. The molecule has 31 heavy (non-hydrogen) atoms. The molecule has 1 fully saturated rings. The molecule has 2 aromatic rings. The third-order valence-corrected chi connectivity index (χ3v) is 6.19. The van der Waals surface area contributed by atoms with E-state index in [0.29, 0.717) is 13.0 Å². The van der Waals surface area contributed by atoms with Crippen LogP contribution in [0.5, 0.6) is 11.5 Å². The molecule has 6 heteroatoms. The average molecular weight is 427 g/mol. The number of carbonyl (C=O) groups excluding carboxylic acids is 1. The Morgan fingerprint density at radius 1 is 1.26 bits per heavy atom. The first-order valence-corrected chi connectivity index (χ1v) is 11.0. The van der Waals surface area contributed by atoms with Crippen molar-refractivity contribution in [2.75, 3.05) is 20.2 Å². The third-order valence-electron chi connectivity index (χ3n) is 6.19. The average Bonchev–Trinajstić information content (AvgIpc) is 2.74. The van der Waals surface area contributed by atoms with Gasteiger partial charge in [-0.1, -0.05) is 12.1 Å². The molecule has 2 heterocycles. The van der Waals surface area contributed by atoms with Crippen LogP contribution in [0.25, 0.3) is 0 Å². The highest BCUT2D eigenvalue weighted by atomic mass is 19.1. The van der Waals surface area contributed by atoms with Crippen LogP contribution < -0.4 is 14.8 Å². The van der Waals surface area contributed by atoms with Gasteiger partial charge in [-0.25, -0.2) is 4.39 Å². The Morgan fingerprint density at radius 2 is 2.03 bits per heavy atom. The van der Waals surface area contributed by atoms with E-state index in [-0.39, 0.29) is 29.3 Å². The van der Waals surface area contributed by atoms with Crippen molar-refractivity contribution in [2.45, 2.75) is 51.3 Å². The second kappa shape index (κ2) is 8.87. The lowest BCUT2D eigenvalue weighted by Gasteiger charge is -2.39. The lowest BCUT2D eigenvalue weighted by atomic mass is 9.88. The number of nitrogens with one attached hydrogen (secondary N) is 1. The van der Waals surface area contributed by atoms with Gasteiger partial charge in [0.05, 0.1) is 19.1 Å². The van der Waals surface area contributed by atoms with Crippen LogP contribution in [0.1, 0.15) is 50.3 Å². The summed E-state index contributed by atoms with van der Waals surface area (Å²) in [4.78, 5) is 15.5. The molecule has 2 atom stereocenters. The summed E-state index contributed by atoms with van der Waals surface area (Å²) < 4.78 is 24.7. The predicted molar refractivity (Wildman–Crippen MR) is 118 cm³/mol. The van der Waals surface area contributed by atoms with Crippen LogP contribution in [0.4, 0.5) is 4.39 Å². The molecule has 4 rings (SSSR count). The summed E-state index contributed by atoms with van der Waals surface area (Å²) in [6.45, 7) is 6.48. The number of fused-ring (bicyclic) bond motifs is 1. The van der Waals surface area contributed by atoms with Gasteiger partial charge in [0.25, 0.3) is 0 Å². The van der Waals surface area contributed by atoms with E-state index in [1.54, 1.807) is 7.11 Å². The molecule has 166 valence electrons. The van der Waals surface area contributed by atoms with E-state index in [1.807, 2.05) is 44.2 Å². The normalized spacial score (nSPS) is 22.8. The van der Waals surface area contributed by atoms with Crippen molar-refractivity contribution in [2.24, 2.45) is 5.92 Å². The zero-order valence-electron chi connectivity index (χ0n) is 18.5. The van der Waals surface area contributed by atoms with E-state index in [9.17, 15) is 9.18 Å². The number of benzene rings is 2. The van der Waals surface area contributed by atoms with Crippen molar-refractivity contribution in [3.05, 3.63) is 59.4 Å². The lowest BCUT2D eigenvalue weighted by Crippen LogP contribution is -2.46. The Balaban J connectivity index is 1.43. The van der Waals surface area contributed by atoms with E-state index in [1.165, 1.54) is 12.1 Å². The third kappa shape index (κ3) is 5.18. The minimum absolute atomic E-state index is 0.0538. The topological polar surface area (TPSA) is 50.8 Å². The Kier molecular flexibility index (Phi) is 6.19. The Bertz CT molecular complexity index is 929. The van der Waals surface area contributed by atoms with E-state index >= 15 is 0 Å². The van der Waals surface area contributed by atoms with Gasteiger partial charge in [0.2, 0.25) is 5.91 Å². The summed E-state index contributed by atoms with van der Waals surface area (Å²) >= 11 is 0. The molecule has 0 aliphatic carbocycles. The van der Waals surface area contributed by atoms with Crippen molar-refractivity contribution < 1.29 is 18.7 Å². The molecule has 2 aliphatic heterocycles. The number of rotatable bonds is 5. The first-order chi connectivity index (χ1) is 14.8. The molecule has 1 saturated heterocycles. The number of methoxy groups -OCH3 is 1. The van der Waals surface area contributed by atoms with Crippen LogP contribution in [0.3, 0.4) is 0 Å². The SMILES string of the molecule is COc1ccc2c(c1)OC(C)(C)C[C@H]2NC(=O)[C@@H]1CCCN(Cc2ccc(F)cc2)C1. The molecular weight excluding hydrogens is 395 g/mol. The number of hydrogen-bond donors (Lipinski definition) is 1. The molecule has 1 N–H and O–H groups in total. The van der Waals surface area contributed by atoms with Crippen molar-refractivity contribution in [1.29, 1.82) is 0 Å². The lowest BCUT2D eigenvalue weighted by molar-refractivity contribution is -0.128. The second-order valence-corrected chi connectivity index (χ2v) is 9.23. The number of amides is 1. The van der Waals surface area contributed by atoms with E-state index in [0.717, 1.165) is 48.6 Å². The Labute approximate surface area is 183 Å². The Hall–Kier alpha value is -2.60. The van der Waals surface area contributed by atoms with E-state index < -0.39 is 0 Å². The molecule has 0 radical (unpaired) electrons. The molecule has 2 aromatic carbocycles. The van der Waals surface area contributed by atoms with Gasteiger partial charge in [-0.2, -0.15) is 0 Å². The number of likely N-dealkylation sites (tertiary alicyclic amines) is 1. The number of nitrogens with zero attached hydrogens (tertiary/aromatic N) is 1. The maximum atomic E-state index is 13.2. The maximum Gasteiger partial charge on any atom is 0.224 e. The molecule has 5 nitrogen and oxygen atoms in total. The predicted octanol–water partition coefficient (Wildman–Crippen LogP) is 4.46. The Morgan fingerprint density at radius 3 is 2.77 bits per heavy atom. The fourth-order valence-corrected chi connectivity index (χ4v) is 4.64. The quantitative estimate of drug-likeness (QED) is 0.767. The van der Waals surface area contributed by atoms with Gasteiger partial charge >= 0.3 is 0 Å². The smallest absolute Gasteiger partial charge is 0.224 e. The van der Waals surface area contributed by atoms with Crippen molar-refractivity contribution >= 4 is 5.91 Å². The molecular formula is C25H31FN2O3. The highest BCUT2D eigenvalue weighted by Crippen LogP contribution is 2.41. The van der Waals surface area contributed by atoms with Gasteiger partial charge in [-0.05, 0) is 63.1 Å². The van der Waals surface area contributed by atoms with Gasteiger partial charge in [0.15, 0.2) is 0 Å². The zero-order chi connectivity index (χ0) is 22.0.